The first kappa shape index (κ1) is 36.5. The molecule has 3 heteroatoms. The van der Waals surface area contributed by atoms with Crippen LogP contribution < -0.4 is 4.90 Å². The molecule has 0 unspecified atom stereocenters. The molecule has 3 nitrogen and oxygen atoms in total. The summed E-state index contributed by atoms with van der Waals surface area (Å²) in [7, 11) is 0. The molecule has 0 bridgehead atoms. The summed E-state index contributed by atoms with van der Waals surface area (Å²) in [4.78, 5) is 2.37. The van der Waals surface area contributed by atoms with E-state index in [2.05, 4.69) is 263 Å². The van der Waals surface area contributed by atoms with E-state index in [-0.39, 0.29) is 0 Å². The fourth-order valence-electron chi connectivity index (χ4n) is 9.66. The summed E-state index contributed by atoms with van der Waals surface area (Å²) in [6.45, 7) is 0. The van der Waals surface area contributed by atoms with E-state index in [9.17, 15) is 0 Å². The number of aromatic nitrogens is 2. The quantitative estimate of drug-likeness (QED) is 0.149. The van der Waals surface area contributed by atoms with Gasteiger partial charge in [0.15, 0.2) is 0 Å². The van der Waals surface area contributed by atoms with Gasteiger partial charge in [-0.25, -0.2) is 0 Å². The van der Waals surface area contributed by atoms with Crippen molar-refractivity contribution in [2.24, 2.45) is 0 Å². The second-order valence-electron chi connectivity index (χ2n) is 16.2. The van der Waals surface area contributed by atoms with Crippen LogP contribution in [0.3, 0.4) is 0 Å². The Morgan fingerprint density at radius 2 is 0.698 bits per heavy atom. The van der Waals surface area contributed by atoms with Gasteiger partial charge in [-0.1, -0.05) is 152 Å². The molecule has 0 atom stereocenters. The third kappa shape index (κ3) is 6.29. The summed E-state index contributed by atoms with van der Waals surface area (Å²) in [5, 5.41) is 5.00. The van der Waals surface area contributed by atoms with Crippen LogP contribution in [0, 0.1) is 0 Å². The van der Waals surface area contributed by atoms with Gasteiger partial charge >= 0.3 is 0 Å². The van der Waals surface area contributed by atoms with Crippen molar-refractivity contribution in [1.29, 1.82) is 0 Å². The molecule has 63 heavy (non-hydrogen) atoms. The van der Waals surface area contributed by atoms with Gasteiger partial charge in [0.2, 0.25) is 0 Å². The second kappa shape index (κ2) is 15.3. The van der Waals surface area contributed by atoms with Crippen LogP contribution in [-0.4, -0.2) is 9.13 Å². The van der Waals surface area contributed by atoms with Gasteiger partial charge in [0, 0.05) is 50.0 Å². The first-order valence-corrected chi connectivity index (χ1v) is 21.6. The largest absolute Gasteiger partial charge is 0.310 e. The van der Waals surface area contributed by atoms with Gasteiger partial charge in [0.1, 0.15) is 0 Å². The van der Waals surface area contributed by atoms with Gasteiger partial charge in [-0.05, 0) is 130 Å². The summed E-state index contributed by atoms with van der Waals surface area (Å²) >= 11 is 0. The monoisotopic (exact) mass is 803 g/mol. The van der Waals surface area contributed by atoms with E-state index in [0.717, 1.165) is 45.1 Å². The molecule has 0 aliphatic heterocycles. The molecule has 0 spiro atoms. The lowest BCUT2D eigenvalue weighted by Crippen LogP contribution is -2.10. The smallest absolute Gasteiger partial charge is 0.0547 e. The van der Waals surface area contributed by atoms with Crippen molar-refractivity contribution in [3.8, 4) is 44.8 Å². The van der Waals surface area contributed by atoms with E-state index < -0.39 is 0 Å². The SMILES string of the molecule is c1ccc(N(c2ccccc2)c2cc(-c3cccc(-c4ccc(-n5c6ccccc6c6ccccc65)cc4)c3)cc(-c3cccc4c3c3ccccc3n4-c3ccccc3)c2)cc1. The standard InChI is InChI=1S/C60H41N3/c1-4-20-47(21-5-1)61(48-22-6-2-7-23-48)51-40-45(39-46(41-51)52-29-17-33-59-60(52)55-28-12-15-32-58(55)63(59)49-24-8-3-9-25-49)44-19-16-18-43(38-44)42-34-36-50(37-35-42)62-56-30-13-10-26-53(56)54-27-11-14-31-57(54)62/h1-41H. The van der Waals surface area contributed by atoms with Gasteiger partial charge in [0.25, 0.3) is 0 Å². The highest BCUT2D eigenvalue weighted by Crippen LogP contribution is 2.44. The molecule has 0 N–H and O–H groups in total. The van der Waals surface area contributed by atoms with E-state index in [4.69, 9.17) is 0 Å². The van der Waals surface area contributed by atoms with Crippen molar-refractivity contribution in [3.63, 3.8) is 0 Å². The molecule has 0 saturated carbocycles. The minimum atomic E-state index is 1.09. The van der Waals surface area contributed by atoms with Gasteiger partial charge < -0.3 is 14.0 Å². The molecule has 2 aromatic heterocycles. The van der Waals surface area contributed by atoms with Crippen LogP contribution in [0.5, 0.6) is 0 Å². The second-order valence-corrected chi connectivity index (χ2v) is 16.2. The molecule has 0 saturated heterocycles. The Labute approximate surface area is 366 Å². The van der Waals surface area contributed by atoms with Crippen molar-refractivity contribution in [3.05, 3.63) is 249 Å². The third-order valence-corrected chi connectivity index (χ3v) is 12.5. The Balaban J connectivity index is 1.03. The number of rotatable bonds is 8. The Morgan fingerprint density at radius 1 is 0.254 bits per heavy atom. The summed E-state index contributed by atoms with van der Waals surface area (Å²) in [6, 6.07) is 90.1. The predicted octanol–water partition coefficient (Wildman–Crippen LogP) is 16.4. The zero-order valence-electron chi connectivity index (χ0n) is 34.5. The highest BCUT2D eigenvalue weighted by atomic mass is 15.1. The van der Waals surface area contributed by atoms with Crippen molar-refractivity contribution < 1.29 is 0 Å². The number of anilines is 3. The average Bonchev–Trinajstić information content (AvgIpc) is 3.88. The predicted molar refractivity (Wildman–Crippen MR) is 266 cm³/mol. The fraction of sp³-hybridized carbons (Fsp3) is 0. The zero-order valence-corrected chi connectivity index (χ0v) is 34.5. The highest BCUT2D eigenvalue weighted by molar-refractivity contribution is 6.16. The molecule has 2 heterocycles. The maximum absolute atomic E-state index is 2.40. The highest BCUT2D eigenvalue weighted by Gasteiger charge is 2.20. The van der Waals surface area contributed by atoms with Crippen LogP contribution in [0.4, 0.5) is 17.1 Å². The normalized spacial score (nSPS) is 11.5. The Bertz CT molecular complexity index is 3510. The van der Waals surface area contributed by atoms with Gasteiger partial charge in [-0.15, -0.1) is 0 Å². The molecule has 0 radical (unpaired) electrons. The third-order valence-electron chi connectivity index (χ3n) is 12.5. The van der Waals surface area contributed by atoms with Crippen LogP contribution in [0.1, 0.15) is 0 Å². The lowest BCUT2D eigenvalue weighted by atomic mass is 9.93. The van der Waals surface area contributed by atoms with Crippen LogP contribution >= 0.6 is 0 Å². The summed E-state index contributed by atoms with van der Waals surface area (Å²) in [6.07, 6.45) is 0. The number of para-hydroxylation sites is 6. The molecule has 0 fully saturated rings. The molecule has 0 amide bonds. The summed E-state index contributed by atoms with van der Waals surface area (Å²) < 4.78 is 4.77. The van der Waals surface area contributed by atoms with Crippen LogP contribution in [0.2, 0.25) is 0 Å². The first-order chi connectivity index (χ1) is 31.3. The van der Waals surface area contributed by atoms with E-state index in [1.807, 2.05) is 0 Å². The summed E-state index contributed by atoms with van der Waals surface area (Å²) in [5.74, 6) is 0. The minimum absolute atomic E-state index is 1.09. The summed E-state index contributed by atoms with van der Waals surface area (Å²) in [5.41, 5.74) is 17.4. The molecule has 0 aliphatic carbocycles. The molecule has 296 valence electrons. The first-order valence-electron chi connectivity index (χ1n) is 21.6. The van der Waals surface area contributed by atoms with Crippen molar-refractivity contribution >= 4 is 60.7 Å². The van der Waals surface area contributed by atoms with Crippen molar-refractivity contribution in [1.82, 2.24) is 9.13 Å². The van der Waals surface area contributed by atoms with Gasteiger partial charge in [-0.3, -0.25) is 0 Å². The maximum Gasteiger partial charge on any atom is 0.0547 e. The number of fused-ring (bicyclic) bond motifs is 6. The Hall–Kier alpha value is -8.40. The molecule has 0 aliphatic rings. The number of nitrogens with zero attached hydrogens (tertiary/aromatic N) is 3. The molecular weight excluding hydrogens is 763 g/mol. The zero-order chi connectivity index (χ0) is 41.7. The lowest BCUT2D eigenvalue weighted by molar-refractivity contribution is 1.18. The lowest BCUT2D eigenvalue weighted by Gasteiger charge is -2.27. The average molecular weight is 804 g/mol. The van der Waals surface area contributed by atoms with Gasteiger partial charge in [0.05, 0.1) is 22.1 Å². The molecule has 10 aromatic carbocycles. The van der Waals surface area contributed by atoms with Crippen LogP contribution in [-0.2, 0) is 0 Å². The minimum Gasteiger partial charge on any atom is -0.310 e. The topological polar surface area (TPSA) is 13.1 Å². The number of hydrogen-bond donors (Lipinski definition) is 0. The number of benzene rings is 10. The van der Waals surface area contributed by atoms with E-state index in [1.165, 1.54) is 60.3 Å². The van der Waals surface area contributed by atoms with Crippen molar-refractivity contribution in [2.75, 3.05) is 4.90 Å². The fourth-order valence-corrected chi connectivity index (χ4v) is 9.66. The molecule has 12 aromatic rings. The van der Waals surface area contributed by atoms with Crippen LogP contribution in [0.15, 0.2) is 249 Å². The molecular formula is C60H41N3. The molecule has 12 rings (SSSR count). The van der Waals surface area contributed by atoms with Crippen molar-refractivity contribution in [2.45, 2.75) is 0 Å². The Morgan fingerprint density at radius 3 is 1.33 bits per heavy atom. The number of hydrogen-bond acceptors (Lipinski definition) is 1. The van der Waals surface area contributed by atoms with E-state index >= 15 is 0 Å². The van der Waals surface area contributed by atoms with Crippen LogP contribution in [0.25, 0.3) is 88.4 Å². The van der Waals surface area contributed by atoms with E-state index in [1.54, 1.807) is 0 Å². The maximum atomic E-state index is 2.40. The Kier molecular flexibility index (Phi) is 8.83. The van der Waals surface area contributed by atoms with Gasteiger partial charge in [-0.2, -0.15) is 0 Å². The van der Waals surface area contributed by atoms with E-state index in [0.29, 0.717) is 0 Å².